The van der Waals surface area contributed by atoms with Crippen molar-refractivity contribution >= 4 is 5.69 Å². The summed E-state index contributed by atoms with van der Waals surface area (Å²) in [6.07, 6.45) is 3.63. The molecule has 1 aromatic rings. The van der Waals surface area contributed by atoms with E-state index in [0.717, 1.165) is 6.42 Å². The van der Waals surface area contributed by atoms with Crippen molar-refractivity contribution in [3.8, 4) is 0 Å². The first kappa shape index (κ1) is 10.5. The van der Waals surface area contributed by atoms with Crippen LogP contribution in [0.2, 0.25) is 0 Å². The van der Waals surface area contributed by atoms with Crippen LogP contribution in [0.4, 0.5) is 5.69 Å². The van der Waals surface area contributed by atoms with Gasteiger partial charge in [0.2, 0.25) is 0 Å². The Morgan fingerprint density at radius 3 is 2.60 bits per heavy atom. The zero-order valence-electron chi connectivity index (χ0n) is 9.45. The highest BCUT2D eigenvalue weighted by Crippen LogP contribution is 2.25. The van der Waals surface area contributed by atoms with Gasteiger partial charge in [0.1, 0.15) is 0 Å². The second kappa shape index (κ2) is 4.67. The molecule has 1 aliphatic rings. The molecule has 0 spiro atoms. The highest BCUT2D eigenvalue weighted by atomic mass is 15.1. The van der Waals surface area contributed by atoms with Crippen LogP contribution < -0.4 is 10.6 Å². The third kappa shape index (κ3) is 2.51. The Labute approximate surface area is 92.1 Å². The van der Waals surface area contributed by atoms with E-state index in [4.69, 9.17) is 5.73 Å². The molecule has 0 radical (unpaired) electrons. The van der Waals surface area contributed by atoms with E-state index in [1.165, 1.54) is 37.2 Å². The number of benzene rings is 1. The molecule has 2 N–H and O–H groups in total. The van der Waals surface area contributed by atoms with E-state index in [0.29, 0.717) is 0 Å². The average Bonchev–Trinajstić information content (AvgIpc) is 2.70. The number of para-hydroxylation sites is 1. The van der Waals surface area contributed by atoms with E-state index in [1.807, 2.05) is 0 Å². The highest BCUT2D eigenvalue weighted by molar-refractivity contribution is 5.54. The highest BCUT2D eigenvalue weighted by Gasteiger charge is 2.15. The van der Waals surface area contributed by atoms with Gasteiger partial charge in [0.25, 0.3) is 0 Å². The van der Waals surface area contributed by atoms with Crippen molar-refractivity contribution in [3.63, 3.8) is 0 Å². The molecule has 0 amide bonds. The maximum absolute atomic E-state index is 5.87. The lowest BCUT2D eigenvalue weighted by Gasteiger charge is -2.22. The summed E-state index contributed by atoms with van der Waals surface area (Å²) in [5.74, 6) is 0. The van der Waals surface area contributed by atoms with Crippen LogP contribution in [0.1, 0.15) is 25.3 Å². The van der Waals surface area contributed by atoms with Gasteiger partial charge in [-0.1, -0.05) is 18.2 Å². The van der Waals surface area contributed by atoms with Gasteiger partial charge in [-0.25, -0.2) is 0 Å². The van der Waals surface area contributed by atoms with Crippen molar-refractivity contribution in [2.75, 3.05) is 18.0 Å². The topological polar surface area (TPSA) is 29.3 Å². The minimum absolute atomic E-state index is 0.244. The SMILES string of the molecule is CC(N)Cc1ccccc1N1CCCC1. The van der Waals surface area contributed by atoms with Crippen LogP contribution in [0.25, 0.3) is 0 Å². The zero-order valence-corrected chi connectivity index (χ0v) is 9.45. The van der Waals surface area contributed by atoms with E-state index < -0.39 is 0 Å². The fourth-order valence-electron chi connectivity index (χ4n) is 2.30. The van der Waals surface area contributed by atoms with Crippen LogP contribution in [-0.4, -0.2) is 19.1 Å². The van der Waals surface area contributed by atoms with Crippen molar-refractivity contribution in [2.24, 2.45) is 5.73 Å². The van der Waals surface area contributed by atoms with E-state index in [9.17, 15) is 0 Å². The summed E-state index contributed by atoms with van der Waals surface area (Å²) < 4.78 is 0. The monoisotopic (exact) mass is 204 g/mol. The molecule has 0 aromatic heterocycles. The standard InChI is InChI=1S/C13H20N2/c1-11(14)10-12-6-2-3-7-13(12)15-8-4-5-9-15/h2-3,6-7,11H,4-5,8-10,14H2,1H3. The second-order valence-electron chi connectivity index (χ2n) is 4.50. The van der Waals surface area contributed by atoms with Gasteiger partial charge in [-0.2, -0.15) is 0 Å². The molecular formula is C13H20N2. The van der Waals surface area contributed by atoms with E-state index in [-0.39, 0.29) is 6.04 Å². The molecule has 2 nitrogen and oxygen atoms in total. The molecule has 2 heteroatoms. The van der Waals surface area contributed by atoms with Gasteiger partial charge in [-0.3, -0.25) is 0 Å². The predicted octanol–water partition coefficient (Wildman–Crippen LogP) is 2.18. The first-order valence-corrected chi connectivity index (χ1v) is 5.86. The lowest BCUT2D eigenvalue weighted by atomic mass is 10.0. The third-order valence-electron chi connectivity index (χ3n) is 2.98. The van der Waals surface area contributed by atoms with E-state index >= 15 is 0 Å². The quantitative estimate of drug-likeness (QED) is 0.817. The maximum Gasteiger partial charge on any atom is 0.0399 e. The average molecular weight is 204 g/mol. The van der Waals surface area contributed by atoms with Crippen molar-refractivity contribution in [1.82, 2.24) is 0 Å². The van der Waals surface area contributed by atoms with Gasteiger partial charge >= 0.3 is 0 Å². The van der Waals surface area contributed by atoms with Gasteiger partial charge in [0, 0.05) is 24.8 Å². The Bertz CT molecular complexity index is 314. The second-order valence-corrected chi connectivity index (χ2v) is 4.50. The van der Waals surface area contributed by atoms with Crippen LogP contribution in [0.15, 0.2) is 24.3 Å². The van der Waals surface area contributed by atoms with Gasteiger partial charge in [0.15, 0.2) is 0 Å². The van der Waals surface area contributed by atoms with Gasteiger partial charge in [-0.15, -0.1) is 0 Å². The molecule has 82 valence electrons. The molecule has 2 rings (SSSR count). The molecule has 1 atom stereocenters. The molecule has 0 saturated carbocycles. The molecule has 1 aliphatic heterocycles. The summed E-state index contributed by atoms with van der Waals surface area (Å²) in [5.41, 5.74) is 8.67. The van der Waals surface area contributed by atoms with E-state index in [2.05, 4.69) is 36.1 Å². The largest absolute Gasteiger partial charge is 0.371 e. The molecule has 0 aliphatic carbocycles. The third-order valence-corrected chi connectivity index (χ3v) is 2.98. The minimum Gasteiger partial charge on any atom is -0.371 e. The number of hydrogen-bond acceptors (Lipinski definition) is 2. The van der Waals surface area contributed by atoms with E-state index in [1.54, 1.807) is 0 Å². The molecule has 1 saturated heterocycles. The van der Waals surface area contributed by atoms with Crippen molar-refractivity contribution in [3.05, 3.63) is 29.8 Å². The summed E-state index contributed by atoms with van der Waals surface area (Å²) in [4.78, 5) is 2.48. The van der Waals surface area contributed by atoms with Crippen molar-refractivity contribution < 1.29 is 0 Å². The molecule has 1 heterocycles. The minimum atomic E-state index is 0.244. The van der Waals surface area contributed by atoms with Crippen LogP contribution >= 0.6 is 0 Å². The Morgan fingerprint density at radius 1 is 1.27 bits per heavy atom. The summed E-state index contributed by atoms with van der Waals surface area (Å²) in [6.45, 7) is 4.48. The van der Waals surface area contributed by atoms with Gasteiger partial charge < -0.3 is 10.6 Å². The molecule has 1 fully saturated rings. The zero-order chi connectivity index (χ0) is 10.7. The van der Waals surface area contributed by atoms with Gasteiger partial charge in [0.05, 0.1) is 0 Å². The summed E-state index contributed by atoms with van der Waals surface area (Å²) >= 11 is 0. The first-order chi connectivity index (χ1) is 7.27. The number of anilines is 1. The summed E-state index contributed by atoms with van der Waals surface area (Å²) in [6, 6.07) is 8.91. The van der Waals surface area contributed by atoms with Gasteiger partial charge in [-0.05, 0) is 37.8 Å². The number of nitrogens with two attached hydrogens (primary N) is 1. The number of rotatable bonds is 3. The number of nitrogens with zero attached hydrogens (tertiary/aromatic N) is 1. The first-order valence-electron chi connectivity index (χ1n) is 5.86. The fraction of sp³-hybridized carbons (Fsp3) is 0.538. The summed E-state index contributed by atoms with van der Waals surface area (Å²) in [5, 5.41) is 0. The molecule has 1 aromatic carbocycles. The smallest absolute Gasteiger partial charge is 0.0399 e. The maximum atomic E-state index is 5.87. The van der Waals surface area contributed by atoms with Crippen molar-refractivity contribution in [1.29, 1.82) is 0 Å². The summed E-state index contributed by atoms with van der Waals surface area (Å²) in [7, 11) is 0. The predicted molar refractivity (Wildman–Crippen MR) is 65.2 cm³/mol. The van der Waals surface area contributed by atoms with Crippen molar-refractivity contribution in [2.45, 2.75) is 32.2 Å². The Hall–Kier alpha value is -1.02. The Morgan fingerprint density at radius 2 is 1.93 bits per heavy atom. The molecular weight excluding hydrogens is 184 g/mol. The molecule has 1 unspecified atom stereocenters. The molecule has 15 heavy (non-hydrogen) atoms. The Balaban J connectivity index is 2.20. The lowest BCUT2D eigenvalue weighted by Crippen LogP contribution is -2.23. The van der Waals surface area contributed by atoms with Crippen LogP contribution in [0.3, 0.4) is 0 Å². The molecule has 0 bridgehead atoms. The van der Waals surface area contributed by atoms with Crippen LogP contribution in [0.5, 0.6) is 0 Å². The van der Waals surface area contributed by atoms with Crippen LogP contribution in [0, 0.1) is 0 Å². The fourth-order valence-corrected chi connectivity index (χ4v) is 2.30. The lowest BCUT2D eigenvalue weighted by molar-refractivity contribution is 0.735. The number of hydrogen-bond donors (Lipinski definition) is 1. The Kier molecular flexibility index (Phi) is 3.27. The normalized spacial score (nSPS) is 18.1. The van der Waals surface area contributed by atoms with Crippen LogP contribution in [-0.2, 0) is 6.42 Å².